The van der Waals surface area contributed by atoms with Crippen LogP contribution in [0.3, 0.4) is 0 Å². The van der Waals surface area contributed by atoms with Gasteiger partial charge in [-0.1, -0.05) is 334 Å². The Morgan fingerprint density at radius 3 is 0.877 bits per heavy atom. The van der Waals surface area contributed by atoms with Crippen LogP contribution in [0.2, 0.25) is 26.4 Å². The normalized spacial score (nSPS) is 10.9. The SMILES string of the molecule is Clc1nc(-c2ccc(-c3ccccc3)cc2)c2ccccc2n1.Clc1nc(-c2ccccc2)c2ccccc2n1.Clc1nc(-c2ccccc2)nc(-c2ccc(-c3ccccc3)cc2)n1.Clc1nc(-c2ccccc2)nc(-c2ccc3c(c2)sc2ccccc23)n1.Clc1nc(-c2ccccc2)nc(-c2ccc3ccccc3c2)n1. The summed E-state index contributed by atoms with van der Waals surface area (Å²) in [6, 6.07) is 121. The van der Waals surface area contributed by atoms with Gasteiger partial charge >= 0.3 is 0 Å². The minimum atomic E-state index is 0.191. The molecule has 20 rings (SSSR count). The summed E-state index contributed by atoms with van der Waals surface area (Å²) in [5.74, 6) is 3.46. The zero-order valence-electron chi connectivity index (χ0n) is 60.3. The molecule has 0 saturated carbocycles. The van der Waals surface area contributed by atoms with Crippen molar-refractivity contribution in [2.24, 2.45) is 0 Å². The zero-order chi connectivity index (χ0) is 77.5. The fourth-order valence-corrected chi connectivity index (χ4v) is 14.8. The number of hydrogen-bond acceptors (Lipinski definition) is 14. The van der Waals surface area contributed by atoms with Crippen LogP contribution >= 0.6 is 69.3 Å². The molecule has 0 radical (unpaired) electrons. The third-order valence-electron chi connectivity index (χ3n) is 18.3. The lowest BCUT2D eigenvalue weighted by Gasteiger charge is -2.07. The molecular formula is C95H60Cl5N13S. The van der Waals surface area contributed by atoms with Gasteiger partial charge in [-0.2, -0.15) is 29.9 Å². The third kappa shape index (κ3) is 18.0. The first kappa shape index (κ1) is 74.8. The summed E-state index contributed by atoms with van der Waals surface area (Å²) < 4.78 is 2.49. The Hall–Kier alpha value is -13.3. The molecule has 0 unspecified atom stereocenters. The van der Waals surface area contributed by atoms with Gasteiger partial charge < -0.3 is 0 Å². The van der Waals surface area contributed by atoms with Crippen LogP contribution in [0, 0.1) is 0 Å². The molecule has 19 heteroatoms. The summed E-state index contributed by atoms with van der Waals surface area (Å²) in [6.45, 7) is 0. The van der Waals surface area contributed by atoms with Crippen molar-refractivity contribution >= 4 is 122 Å². The van der Waals surface area contributed by atoms with Crippen LogP contribution in [0.15, 0.2) is 364 Å². The second-order valence-corrected chi connectivity index (χ2v) is 28.5. The molecule has 0 saturated heterocycles. The van der Waals surface area contributed by atoms with Crippen LogP contribution in [0.4, 0.5) is 0 Å². The van der Waals surface area contributed by atoms with Gasteiger partial charge in [0.2, 0.25) is 26.4 Å². The molecule has 114 heavy (non-hydrogen) atoms. The predicted octanol–water partition coefficient (Wildman–Crippen LogP) is 26.3. The van der Waals surface area contributed by atoms with E-state index in [0.717, 1.165) is 88.7 Å². The van der Waals surface area contributed by atoms with Crippen LogP contribution in [-0.2, 0) is 0 Å². The van der Waals surface area contributed by atoms with Gasteiger partial charge in [-0.15, -0.1) is 11.3 Å². The molecule has 13 nitrogen and oxygen atoms in total. The van der Waals surface area contributed by atoms with E-state index in [-0.39, 0.29) is 26.4 Å². The third-order valence-corrected chi connectivity index (χ3v) is 20.3. The largest absolute Gasteiger partial charge is 0.226 e. The monoisotopic (exact) mass is 1590 g/mol. The van der Waals surface area contributed by atoms with Crippen molar-refractivity contribution in [3.05, 3.63) is 390 Å². The van der Waals surface area contributed by atoms with Gasteiger partial charge in [-0.25, -0.2) is 34.9 Å². The Balaban J connectivity index is 0.000000108. The maximum absolute atomic E-state index is 6.17. The lowest BCUT2D eigenvalue weighted by atomic mass is 10.0. The average molecular weight is 1590 g/mol. The number of halogens is 5. The summed E-state index contributed by atoms with van der Waals surface area (Å²) in [7, 11) is 0. The molecule has 0 amide bonds. The molecule has 14 aromatic carbocycles. The summed E-state index contributed by atoms with van der Waals surface area (Å²) in [6.07, 6.45) is 0. The lowest BCUT2D eigenvalue weighted by molar-refractivity contribution is 1.07. The van der Waals surface area contributed by atoms with E-state index in [1.165, 1.54) is 42.2 Å². The van der Waals surface area contributed by atoms with Crippen molar-refractivity contribution in [1.82, 2.24) is 64.8 Å². The average Bonchev–Trinajstić information content (AvgIpc) is 1.72. The number of rotatable bonds is 10. The van der Waals surface area contributed by atoms with Crippen molar-refractivity contribution in [2.75, 3.05) is 0 Å². The molecule has 0 N–H and O–H groups in total. The molecule has 0 aliphatic heterocycles. The number of benzene rings is 14. The summed E-state index contributed by atoms with van der Waals surface area (Å²) in [4.78, 5) is 56.7. The number of aromatic nitrogens is 13. The van der Waals surface area contributed by atoms with Gasteiger partial charge in [0.25, 0.3) is 0 Å². The maximum Gasteiger partial charge on any atom is 0.226 e. The van der Waals surface area contributed by atoms with E-state index >= 15 is 0 Å². The Morgan fingerprint density at radius 2 is 0.439 bits per heavy atom. The van der Waals surface area contributed by atoms with Crippen molar-refractivity contribution in [3.8, 4) is 113 Å². The van der Waals surface area contributed by atoms with Crippen molar-refractivity contribution in [1.29, 1.82) is 0 Å². The molecule has 0 aliphatic carbocycles. The van der Waals surface area contributed by atoms with Gasteiger partial charge in [0, 0.05) is 75.5 Å². The quantitative estimate of drug-likeness (QED) is 0.119. The number of hydrogen-bond donors (Lipinski definition) is 0. The van der Waals surface area contributed by atoms with Crippen LogP contribution in [0.1, 0.15) is 0 Å². The summed E-state index contributed by atoms with van der Waals surface area (Å²) in [5, 5.41) is 8.00. The Labute approximate surface area is 685 Å². The zero-order valence-corrected chi connectivity index (χ0v) is 64.8. The predicted molar refractivity (Wildman–Crippen MR) is 468 cm³/mol. The molecule has 546 valence electrons. The molecule has 0 spiro atoms. The van der Waals surface area contributed by atoms with Crippen LogP contribution in [0.25, 0.3) is 166 Å². The van der Waals surface area contributed by atoms with Crippen molar-refractivity contribution in [2.45, 2.75) is 0 Å². The highest BCUT2D eigenvalue weighted by Crippen LogP contribution is 2.38. The molecule has 20 aromatic rings. The van der Waals surface area contributed by atoms with E-state index in [4.69, 9.17) is 58.0 Å². The standard InChI is InChI=1S/C21H12ClN3S.C21H14ClN3.C20H13ClN2.C19H12ClN3.C14H9ClN2/c22-21-24-19(13-6-2-1-3-7-13)23-20(25-21)14-10-11-16-15-8-4-5-9-17(15)26-18(16)12-14;22-21-24-19(17-9-5-2-6-10-17)23-20(25-21)18-13-11-16(12-14-18)15-7-3-1-4-8-15;21-20-22-18-9-5-4-8-17(18)19(23-20)16-12-10-15(11-13-16)14-6-2-1-3-7-14;20-19-22-17(14-7-2-1-3-8-14)21-18(23-19)16-11-10-13-6-4-5-9-15(13)12-16;15-14-16-12-9-5-4-8-11(12)13(17-14)10-6-2-1-3-7-10/h1-12H;1-14H;1-13H;1-12H;1-9H. The minimum absolute atomic E-state index is 0.191. The van der Waals surface area contributed by atoms with E-state index < -0.39 is 0 Å². The van der Waals surface area contributed by atoms with Crippen LogP contribution < -0.4 is 0 Å². The Bertz CT molecular complexity index is 6730. The maximum atomic E-state index is 6.17. The molecule has 6 heterocycles. The second-order valence-electron chi connectivity index (χ2n) is 25.7. The van der Waals surface area contributed by atoms with Gasteiger partial charge in [0.05, 0.1) is 22.4 Å². The van der Waals surface area contributed by atoms with Gasteiger partial charge in [-0.05, 0) is 121 Å². The van der Waals surface area contributed by atoms with E-state index in [1.54, 1.807) is 11.3 Å². The number of fused-ring (bicyclic) bond motifs is 6. The highest BCUT2D eigenvalue weighted by atomic mass is 35.5. The Kier molecular flexibility index (Phi) is 23.2. The van der Waals surface area contributed by atoms with Crippen LogP contribution in [0.5, 0.6) is 0 Å². The van der Waals surface area contributed by atoms with E-state index in [9.17, 15) is 0 Å². The van der Waals surface area contributed by atoms with Gasteiger partial charge in [0.15, 0.2) is 34.9 Å². The first-order chi connectivity index (χ1) is 56.0. The van der Waals surface area contributed by atoms with Crippen molar-refractivity contribution in [3.63, 3.8) is 0 Å². The van der Waals surface area contributed by atoms with E-state index in [1.807, 2.05) is 243 Å². The number of thiophene rings is 1. The highest BCUT2D eigenvalue weighted by molar-refractivity contribution is 7.25. The molecule has 6 aromatic heterocycles. The molecule has 0 bridgehead atoms. The topological polar surface area (TPSA) is 168 Å². The smallest absolute Gasteiger partial charge is 0.218 e. The fourth-order valence-electron chi connectivity index (χ4n) is 12.8. The number of para-hydroxylation sites is 2. The van der Waals surface area contributed by atoms with Gasteiger partial charge in [-0.3, -0.25) is 0 Å². The highest BCUT2D eigenvalue weighted by Gasteiger charge is 2.17. The Morgan fingerprint density at radius 1 is 0.167 bits per heavy atom. The first-order valence-corrected chi connectivity index (χ1v) is 38.8. The molecule has 0 fully saturated rings. The summed E-state index contributed by atoms with van der Waals surface area (Å²) >= 11 is 32.2. The van der Waals surface area contributed by atoms with Crippen molar-refractivity contribution < 1.29 is 0 Å². The van der Waals surface area contributed by atoms with Crippen LogP contribution in [-0.4, -0.2) is 64.8 Å². The first-order valence-electron chi connectivity index (χ1n) is 36.1. The van der Waals surface area contributed by atoms with Gasteiger partial charge in [0.1, 0.15) is 0 Å². The minimum Gasteiger partial charge on any atom is -0.218 e. The van der Waals surface area contributed by atoms with E-state index in [0.29, 0.717) is 34.9 Å². The fraction of sp³-hybridized carbons (Fsp3) is 0. The molecule has 0 aliphatic rings. The molecular weight excluding hydrogens is 1530 g/mol. The lowest BCUT2D eigenvalue weighted by Crippen LogP contribution is -1.97. The van der Waals surface area contributed by atoms with E-state index in [2.05, 4.69) is 186 Å². The number of nitrogens with zero attached hydrogens (tertiary/aromatic N) is 13. The summed E-state index contributed by atoms with van der Waals surface area (Å²) in [5.41, 5.74) is 15.7. The molecule has 0 atom stereocenters. The second kappa shape index (κ2) is 35.4.